The molecule has 1 amide bonds. The van der Waals surface area contributed by atoms with Crippen molar-refractivity contribution in [3.63, 3.8) is 0 Å². The van der Waals surface area contributed by atoms with Crippen molar-refractivity contribution in [2.45, 2.75) is 39.0 Å². The molecule has 0 aromatic rings. The Morgan fingerprint density at radius 3 is 2.24 bits per heavy atom. The Balaban J connectivity index is 0.00000225. The number of likely N-dealkylation sites (tertiary alicyclic amines) is 1. The zero-order valence-electron chi connectivity index (χ0n) is 15.6. The van der Waals surface area contributed by atoms with Crippen LogP contribution in [-0.2, 0) is 4.79 Å². The molecule has 3 rings (SSSR count). The molecule has 2 aliphatic heterocycles. The highest BCUT2D eigenvalue weighted by Gasteiger charge is 2.31. The van der Waals surface area contributed by atoms with E-state index >= 15 is 0 Å². The van der Waals surface area contributed by atoms with Gasteiger partial charge in [0.1, 0.15) is 0 Å². The van der Waals surface area contributed by atoms with E-state index in [1.165, 1.54) is 19.3 Å². The van der Waals surface area contributed by atoms with Crippen LogP contribution in [0, 0.1) is 5.92 Å². The van der Waals surface area contributed by atoms with Gasteiger partial charge < -0.3 is 15.1 Å². The molecule has 0 aromatic heterocycles. The third-order valence-electron chi connectivity index (χ3n) is 5.56. The van der Waals surface area contributed by atoms with Crippen LogP contribution in [0.15, 0.2) is 4.99 Å². The van der Waals surface area contributed by atoms with Gasteiger partial charge in [0, 0.05) is 58.3 Å². The fraction of sp³-hybridized carbons (Fsp3) is 0.889. The van der Waals surface area contributed by atoms with Gasteiger partial charge in [-0.25, -0.2) is 0 Å². The molecule has 3 aliphatic rings. The molecule has 144 valence electrons. The van der Waals surface area contributed by atoms with E-state index < -0.39 is 0 Å². The quantitative estimate of drug-likeness (QED) is 0.383. The number of carbonyl (C=O) groups is 1. The van der Waals surface area contributed by atoms with Crippen molar-refractivity contribution in [1.29, 1.82) is 0 Å². The minimum atomic E-state index is 0. The van der Waals surface area contributed by atoms with Crippen LogP contribution >= 0.6 is 24.0 Å². The largest absolute Gasteiger partial charge is 0.357 e. The zero-order chi connectivity index (χ0) is 16.8. The van der Waals surface area contributed by atoms with Crippen LogP contribution in [0.25, 0.3) is 0 Å². The summed E-state index contributed by atoms with van der Waals surface area (Å²) in [4.78, 5) is 24.0. The average molecular weight is 463 g/mol. The lowest BCUT2D eigenvalue weighted by atomic mass is 9.84. The Bertz CT molecular complexity index is 441. The van der Waals surface area contributed by atoms with E-state index in [2.05, 4.69) is 26.9 Å². The third kappa shape index (κ3) is 5.70. The van der Waals surface area contributed by atoms with Crippen molar-refractivity contribution in [2.75, 3.05) is 58.9 Å². The van der Waals surface area contributed by atoms with E-state index in [0.29, 0.717) is 11.8 Å². The van der Waals surface area contributed by atoms with E-state index in [4.69, 9.17) is 4.99 Å². The number of amides is 1. The molecule has 0 unspecified atom stereocenters. The molecule has 1 aliphatic carbocycles. The predicted molar refractivity (Wildman–Crippen MR) is 113 cm³/mol. The summed E-state index contributed by atoms with van der Waals surface area (Å²) < 4.78 is 0. The molecule has 1 saturated carbocycles. The third-order valence-corrected chi connectivity index (χ3v) is 5.56. The number of hydrogen-bond donors (Lipinski definition) is 1. The van der Waals surface area contributed by atoms with Crippen molar-refractivity contribution < 1.29 is 4.79 Å². The highest BCUT2D eigenvalue weighted by Crippen LogP contribution is 2.28. The van der Waals surface area contributed by atoms with Gasteiger partial charge in [0.15, 0.2) is 5.96 Å². The molecule has 3 fully saturated rings. The standard InChI is InChI=1S/C18H33N5O.HI/c1-2-19-18(23-9-3-4-10-23)20-8-11-21-12-14-22(15-13-21)17(24)16-6-5-7-16;/h16H,2-15H2,1H3,(H,19,20);1H. The van der Waals surface area contributed by atoms with E-state index in [9.17, 15) is 4.79 Å². The van der Waals surface area contributed by atoms with Gasteiger partial charge in [0.05, 0.1) is 6.54 Å². The SMILES string of the molecule is CCNC(=NCCN1CCN(C(=O)C2CCC2)CC1)N1CCCC1.I. The number of piperazine rings is 1. The van der Waals surface area contributed by atoms with Gasteiger partial charge in [-0.05, 0) is 32.6 Å². The Morgan fingerprint density at radius 1 is 1.00 bits per heavy atom. The van der Waals surface area contributed by atoms with Gasteiger partial charge in [0.2, 0.25) is 5.91 Å². The van der Waals surface area contributed by atoms with Gasteiger partial charge in [-0.15, -0.1) is 24.0 Å². The lowest BCUT2D eigenvalue weighted by molar-refractivity contribution is -0.139. The van der Waals surface area contributed by atoms with Crippen LogP contribution in [-0.4, -0.2) is 85.5 Å². The number of halogens is 1. The van der Waals surface area contributed by atoms with Crippen LogP contribution in [0.4, 0.5) is 0 Å². The molecule has 25 heavy (non-hydrogen) atoms. The van der Waals surface area contributed by atoms with Gasteiger partial charge in [-0.2, -0.15) is 0 Å². The highest BCUT2D eigenvalue weighted by molar-refractivity contribution is 14.0. The molecule has 0 aromatic carbocycles. The number of carbonyl (C=O) groups excluding carboxylic acids is 1. The maximum absolute atomic E-state index is 12.3. The van der Waals surface area contributed by atoms with Crippen LogP contribution in [0.3, 0.4) is 0 Å². The van der Waals surface area contributed by atoms with Gasteiger partial charge in [0.25, 0.3) is 0 Å². The second-order valence-corrected chi connectivity index (χ2v) is 7.22. The molecule has 0 bridgehead atoms. The fourth-order valence-electron chi connectivity index (χ4n) is 3.76. The second-order valence-electron chi connectivity index (χ2n) is 7.22. The maximum Gasteiger partial charge on any atom is 0.225 e. The molecule has 7 heteroatoms. The highest BCUT2D eigenvalue weighted by atomic mass is 127. The lowest BCUT2D eigenvalue weighted by Gasteiger charge is -2.38. The van der Waals surface area contributed by atoms with Crippen molar-refractivity contribution in [3.8, 4) is 0 Å². The molecular formula is C18H34IN5O. The van der Waals surface area contributed by atoms with Crippen molar-refractivity contribution in [1.82, 2.24) is 20.0 Å². The van der Waals surface area contributed by atoms with Crippen molar-refractivity contribution in [2.24, 2.45) is 10.9 Å². The first-order valence-electron chi connectivity index (χ1n) is 9.82. The smallest absolute Gasteiger partial charge is 0.225 e. The number of hydrogen-bond acceptors (Lipinski definition) is 3. The van der Waals surface area contributed by atoms with Crippen LogP contribution in [0.5, 0.6) is 0 Å². The summed E-state index contributed by atoms with van der Waals surface area (Å²) >= 11 is 0. The molecule has 2 saturated heterocycles. The Labute approximate surface area is 169 Å². The molecular weight excluding hydrogens is 429 g/mol. The Hall–Kier alpha value is -0.570. The number of nitrogens with zero attached hydrogens (tertiary/aromatic N) is 4. The normalized spacial score (nSPS) is 22.5. The van der Waals surface area contributed by atoms with Crippen LogP contribution in [0.1, 0.15) is 39.0 Å². The first-order chi connectivity index (χ1) is 11.8. The summed E-state index contributed by atoms with van der Waals surface area (Å²) in [6, 6.07) is 0. The maximum atomic E-state index is 12.3. The van der Waals surface area contributed by atoms with E-state index in [0.717, 1.165) is 77.7 Å². The number of rotatable bonds is 5. The van der Waals surface area contributed by atoms with E-state index in [-0.39, 0.29) is 24.0 Å². The lowest BCUT2D eigenvalue weighted by Crippen LogP contribution is -2.51. The van der Waals surface area contributed by atoms with Crippen molar-refractivity contribution in [3.05, 3.63) is 0 Å². The summed E-state index contributed by atoms with van der Waals surface area (Å²) in [5.41, 5.74) is 0. The minimum absolute atomic E-state index is 0. The van der Waals surface area contributed by atoms with Crippen molar-refractivity contribution >= 4 is 35.8 Å². The van der Waals surface area contributed by atoms with Gasteiger partial charge in [-0.1, -0.05) is 6.42 Å². The summed E-state index contributed by atoms with van der Waals surface area (Å²) in [7, 11) is 0. The van der Waals surface area contributed by atoms with Gasteiger partial charge in [-0.3, -0.25) is 14.7 Å². The first kappa shape index (κ1) is 20.7. The van der Waals surface area contributed by atoms with Crippen LogP contribution in [0.2, 0.25) is 0 Å². The topological polar surface area (TPSA) is 51.2 Å². The summed E-state index contributed by atoms with van der Waals surface area (Å²) in [5, 5.41) is 3.41. The number of nitrogens with one attached hydrogen (secondary N) is 1. The van der Waals surface area contributed by atoms with Crippen LogP contribution < -0.4 is 5.32 Å². The molecule has 1 N–H and O–H groups in total. The number of guanidine groups is 1. The average Bonchev–Trinajstić information content (AvgIpc) is 3.07. The summed E-state index contributed by atoms with van der Waals surface area (Å²) in [6.07, 6.45) is 6.01. The summed E-state index contributed by atoms with van der Waals surface area (Å²) in [6.45, 7) is 10.9. The monoisotopic (exact) mass is 463 g/mol. The predicted octanol–water partition coefficient (Wildman–Crippen LogP) is 1.61. The molecule has 0 radical (unpaired) electrons. The molecule has 0 atom stereocenters. The number of aliphatic imine (C=N–C) groups is 1. The fourth-order valence-corrected chi connectivity index (χ4v) is 3.76. The molecule has 6 nitrogen and oxygen atoms in total. The van der Waals surface area contributed by atoms with Gasteiger partial charge >= 0.3 is 0 Å². The zero-order valence-corrected chi connectivity index (χ0v) is 17.9. The minimum Gasteiger partial charge on any atom is -0.357 e. The second kappa shape index (κ2) is 10.5. The van der Waals surface area contributed by atoms with E-state index in [1.807, 2.05) is 0 Å². The van der Waals surface area contributed by atoms with E-state index in [1.54, 1.807) is 0 Å². The molecule has 2 heterocycles. The summed E-state index contributed by atoms with van der Waals surface area (Å²) in [5.74, 6) is 1.82. The molecule has 0 spiro atoms. The Morgan fingerprint density at radius 2 is 1.68 bits per heavy atom. The Kier molecular flexibility index (Phi) is 8.75. The first-order valence-corrected chi connectivity index (χ1v) is 9.82.